The Morgan fingerprint density at radius 3 is 2.25 bits per heavy atom. The quantitative estimate of drug-likeness (QED) is 0.638. The number of ether oxygens (including phenoxy) is 1. The number of hydrogen-bond acceptors (Lipinski definition) is 2. The minimum atomic E-state index is -1.67. The topological polar surface area (TPSA) is 38.3 Å². The number of alkyl halides is 1. The number of benzene rings is 1. The van der Waals surface area contributed by atoms with Crippen molar-refractivity contribution in [2.45, 2.75) is 44.6 Å². The van der Waals surface area contributed by atoms with Gasteiger partial charge in [0.15, 0.2) is 8.24 Å². The molecule has 0 atom stereocenters. The third-order valence-corrected chi connectivity index (χ3v) is 6.36. The maximum Gasteiger partial charge on any atom is 0.404 e. The molecule has 6 heteroatoms. The number of amides is 1. The Labute approximate surface area is 132 Å². The van der Waals surface area contributed by atoms with Crippen LogP contribution in [0.2, 0.25) is 39.3 Å². The number of rotatable bonds is 4. The lowest BCUT2D eigenvalue weighted by molar-refractivity contribution is 0.206. The van der Waals surface area contributed by atoms with Gasteiger partial charge in [0.05, 0.1) is 8.07 Å². The van der Waals surface area contributed by atoms with E-state index < -0.39 is 16.3 Å². The highest BCUT2D eigenvalue weighted by atomic mass is 79.9. The minimum Gasteiger partial charge on any atom is -0.411 e. The number of carbonyl (C=O) groups excluding carboxylic acids is 1. The third-order valence-electron chi connectivity index (χ3n) is 2.72. The standard InChI is InChI=1S/C14H24BrNO2Si2/c1-19(2,3)13-9-12(8-7-11(13)10-15)18-14(17)16-20(4,5)6/h7-9H,10H2,1-6H3,(H,16,17). The summed E-state index contributed by atoms with van der Waals surface area (Å²) < 4.78 is 5.42. The molecule has 1 aromatic rings. The molecule has 1 aromatic carbocycles. The molecule has 20 heavy (non-hydrogen) atoms. The highest BCUT2D eigenvalue weighted by Crippen LogP contribution is 2.17. The molecular weight excluding hydrogens is 350 g/mol. The van der Waals surface area contributed by atoms with Crippen LogP contribution in [0.1, 0.15) is 5.56 Å². The van der Waals surface area contributed by atoms with Crippen LogP contribution in [0.25, 0.3) is 0 Å². The first kappa shape index (κ1) is 17.5. The molecule has 0 unspecified atom stereocenters. The molecule has 1 rings (SSSR count). The van der Waals surface area contributed by atoms with E-state index in [2.05, 4.69) is 60.2 Å². The van der Waals surface area contributed by atoms with Gasteiger partial charge in [-0.2, -0.15) is 0 Å². The first-order valence-electron chi connectivity index (χ1n) is 6.72. The smallest absolute Gasteiger partial charge is 0.404 e. The van der Waals surface area contributed by atoms with Crippen LogP contribution in [0.4, 0.5) is 4.79 Å². The summed E-state index contributed by atoms with van der Waals surface area (Å²) in [5.41, 5.74) is 1.28. The lowest BCUT2D eigenvalue weighted by atomic mass is 10.2. The van der Waals surface area contributed by atoms with E-state index in [9.17, 15) is 4.79 Å². The fraction of sp³-hybridized carbons (Fsp3) is 0.500. The monoisotopic (exact) mass is 373 g/mol. The van der Waals surface area contributed by atoms with Crippen molar-refractivity contribution in [3.05, 3.63) is 23.8 Å². The molecule has 1 N–H and O–H groups in total. The Hall–Kier alpha value is -0.596. The Morgan fingerprint density at radius 1 is 1.20 bits per heavy atom. The lowest BCUT2D eigenvalue weighted by Gasteiger charge is -2.22. The zero-order valence-electron chi connectivity index (χ0n) is 13.1. The van der Waals surface area contributed by atoms with Crippen LogP contribution in [0.15, 0.2) is 18.2 Å². The summed E-state index contributed by atoms with van der Waals surface area (Å²) in [4.78, 5) is 14.8. The van der Waals surface area contributed by atoms with Crippen LogP contribution < -0.4 is 14.9 Å². The molecule has 0 heterocycles. The van der Waals surface area contributed by atoms with E-state index in [1.807, 2.05) is 18.2 Å². The summed E-state index contributed by atoms with van der Waals surface area (Å²) in [5, 5.41) is 2.15. The lowest BCUT2D eigenvalue weighted by Crippen LogP contribution is -2.46. The molecule has 0 aliphatic heterocycles. The molecular formula is C14H24BrNO2Si2. The van der Waals surface area contributed by atoms with Gasteiger partial charge in [0, 0.05) is 5.33 Å². The van der Waals surface area contributed by atoms with Crippen molar-refractivity contribution >= 4 is 43.5 Å². The molecule has 0 aromatic heterocycles. The van der Waals surface area contributed by atoms with Crippen molar-refractivity contribution in [2.75, 3.05) is 0 Å². The highest BCUT2D eigenvalue weighted by Gasteiger charge is 2.22. The highest BCUT2D eigenvalue weighted by molar-refractivity contribution is 9.08. The van der Waals surface area contributed by atoms with Crippen LogP contribution in [0, 0.1) is 0 Å². The molecule has 0 saturated heterocycles. The molecule has 0 fully saturated rings. The first-order chi connectivity index (χ1) is 9.03. The van der Waals surface area contributed by atoms with Crippen LogP contribution >= 0.6 is 15.9 Å². The molecule has 112 valence electrons. The van der Waals surface area contributed by atoms with Gasteiger partial charge >= 0.3 is 6.09 Å². The van der Waals surface area contributed by atoms with Crippen LogP contribution in [-0.2, 0) is 5.33 Å². The Bertz CT molecular complexity index is 493. The first-order valence-corrected chi connectivity index (χ1v) is 14.8. The summed E-state index contributed by atoms with van der Waals surface area (Å²) >= 11 is 3.52. The molecule has 0 bridgehead atoms. The zero-order chi connectivity index (χ0) is 15.6. The van der Waals surface area contributed by atoms with Crippen molar-refractivity contribution < 1.29 is 9.53 Å². The van der Waals surface area contributed by atoms with E-state index in [0.717, 1.165) is 5.33 Å². The van der Waals surface area contributed by atoms with Gasteiger partial charge in [0.25, 0.3) is 0 Å². The molecule has 0 aliphatic carbocycles. The molecule has 1 amide bonds. The minimum absolute atomic E-state index is 0.350. The van der Waals surface area contributed by atoms with Gasteiger partial charge < -0.3 is 9.72 Å². The molecule has 3 nitrogen and oxygen atoms in total. The van der Waals surface area contributed by atoms with Crippen molar-refractivity contribution in [1.82, 2.24) is 4.98 Å². The van der Waals surface area contributed by atoms with E-state index >= 15 is 0 Å². The second-order valence-corrected chi connectivity index (χ2v) is 17.3. The van der Waals surface area contributed by atoms with Crippen LogP contribution in [0.5, 0.6) is 5.75 Å². The van der Waals surface area contributed by atoms with Gasteiger partial charge in [-0.05, 0) is 17.7 Å². The van der Waals surface area contributed by atoms with E-state index in [1.165, 1.54) is 10.8 Å². The Kier molecular flexibility index (Phi) is 5.63. The Morgan fingerprint density at radius 2 is 1.80 bits per heavy atom. The fourth-order valence-corrected chi connectivity index (χ4v) is 4.99. The predicted octanol–water partition coefficient (Wildman–Crippen LogP) is 4.05. The molecule has 0 spiro atoms. The van der Waals surface area contributed by atoms with E-state index in [1.54, 1.807) is 0 Å². The maximum atomic E-state index is 11.8. The number of carbonyl (C=O) groups is 1. The van der Waals surface area contributed by atoms with E-state index in [-0.39, 0.29) is 6.09 Å². The van der Waals surface area contributed by atoms with Crippen molar-refractivity contribution in [3.63, 3.8) is 0 Å². The molecule has 0 aliphatic rings. The fourth-order valence-electron chi connectivity index (χ4n) is 1.87. The SMILES string of the molecule is C[Si](C)(C)NC(=O)Oc1ccc(CBr)c([Si](C)(C)C)c1. The second kappa shape index (κ2) is 6.45. The van der Waals surface area contributed by atoms with Crippen molar-refractivity contribution in [3.8, 4) is 5.75 Å². The van der Waals surface area contributed by atoms with Gasteiger partial charge in [-0.15, -0.1) is 0 Å². The largest absolute Gasteiger partial charge is 0.411 e. The number of hydrogen-bond donors (Lipinski definition) is 1. The van der Waals surface area contributed by atoms with Gasteiger partial charge in [-0.25, -0.2) is 4.79 Å². The summed E-state index contributed by atoms with van der Waals surface area (Å²) in [6, 6.07) is 5.93. The maximum absolute atomic E-state index is 11.8. The summed E-state index contributed by atoms with van der Waals surface area (Å²) in [6.45, 7) is 13.1. The average Bonchev–Trinajstić information content (AvgIpc) is 2.25. The van der Waals surface area contributed by atoms with E-state index in [4.69, 9.17) is 4.74 Å². The molecule has 0 radical (unpaired) electrons. The number of nitrogens with one attached hydrogen (secondary N) is 1. The Balaban J connectivity index is 2.96. The van der Waals surface area contributed by atoms with Crippen LogP contribution in [0.3, 0.4) is 0 Å². The third kappa shape index (κ3) is 5.42. The van der Waals surface area contributed by atoms with Crippen molar-refractivity contribution in [1.29, 1.82) is 0 Å². The van der Waals surface area contributed by atoms with Gasteiger partial charge in [0.1, 0.15) is 5.75 Å². The van der Waals surface area contributed by atoms with Gasteiger partial charge in [-0.1, -0.05) is 66.5 Å². The summed E-state index contributed by atoms with van der Waals surface area (Å²) in [5.74, 6) is 0.628. The normalized spacial score (nSPS) is 12.2. The molecule has 0 saturated carbocycles. The van der Waals surface area contributed by atoms with Crippen molar-refractivity contribution in [2.24, 2.45) is 0 Å². The van der Waals surface area contributed by atoms with E-state index in [0.29, 0.717) is 5.75 Å². The predicted molar refractivity (Wildman–Crippen MR) is 94.6 cm³/mol. The zero-order valence-corrected chi connectivity index (χ0v) is 16.7. The number of halogens is 1. The second-order valence-electron chi connectivity index (χ2n) is 6.97. The summed E-state index contributed by atoms with van der Waals surface area (Å²) in [6.07, 6.45) is -0.350. The van der Waals surface area contributed by atoms with Gasteiger partial charge in [0.2, 0.25) is 0 Å². The van der Waals surface area contributed by atoms with Gasteiger partial charge in [-0.3, -0.25) is 0 Å². The summed E-state index contributed by atoms with van der Waals surface area (Å²) in [7, 11) is -3.13. The van der Waals surface area contributed by atoms with Crippen LogP contribution in [-0.4, -0.2) is 22.4 Å². The average molecular weight is 374 g/mol.